The van der Waals surface area contributed by atoms with Gasteiger partial charge in [0, 0.05) is 18.4 Å². The van der Waals surface area contributed by atoms with Crippen molar-refractivity contribution in [2.45, 2.75) is 44.7 Å². The summed E-state index contributed by atoms with van der Waals surface area (Å²) in [6.07, 6.45) is 1.78. The molecular formula is C13H19NO2. The topological polar surface area (TPSA) is 47.7 Å². The summed E-state index contributed by atoms with van der Waals surface area (Å²) >= 11 is 0. The fourth-order valence-corrected chi connectivity index (χ4v) is 2.66. The molecule has 16 heavy (non-hydrogen) atoms. The zero-order valence-corrected chi connectivity index (χ0v) is 10.1. The average Bonchev–Trinajstić information content (AvgIpc) is 2.44. The molecule has 0 radical (unpaired) electrons. The lowest BCUT2D eigenvalue weighted by atomic mass is 9.90. The average molecular weight is 221 g/mol. The summed E-state index contributed by atoms with van der Waals surface area (Å²) in [5.41, 5.74) is 0.269. The molecule has 0 spiro atoms. The van der Waals surface area contributed by atoms with Crippen LogP contribution in [0.2, 0.25) is 0 Å². The third kappa shape index (κ3) is 1.60. The minimum Gasteiger partial charge on any atom is -0.633 e. The zero-order valence-electron chi connectivity index (χ0n) is 10.1. The Balaban J connectivity index is 2.41. The van der Waals surface area contributed by atoms with E-state index in [2.05, 4.69) is 0 Å². The maximum atomic E-state index is 12.4. The van der Waals surface area contributed by atoms with Gasteiger partial charge in [-0.1, -0.05) is 12.1 Å². The zero-order chi connectivity index (χ0) is 12.0. The first kappa shape index (κ1) is 11.4. The van der Waals surface area contributed by atoms with Gasteiger partial charge in [-0.2, -0.15) is 0 Å². The second-order valence-electron chi connectivity index (χ2n) is 5.60. The fourth-order valence-electron chi connectivity index (χ4n) is 2.66. The minimum atomic E-state index is -0.428. The van der Waals surface area contributed by atoms with Gasteiger partial charge in [0.25, 0.3) is 0 Å². The van der Waals surface area contributed by atoms with Gasteiger partial charge in [0.2, 0.25) is 0 Å². The second kappa shape index (κ2) is 3.47. The summed E-state index contributed by atoms with van der Waals surface area (Å²) < 4.78 is 0. The number of phenols is 1. The van der Waals surface area contributed by atoms with Crippen molar-refractivity contribution in [3.8, 4) is 5.75 Å². The van der Waals surface area contributed by atoms with Crippen LogP contribution in [-0.4, -0.2) is 10.6 Å². The predicted octanol–water partition coefficient (Wildman–Crippen LogP) is 1.56. The molecule has 2 N–H and O–H groups in total. The Morgan fingerprint density at radius 2 is 1.94 bits per heavy atom. The van der Waals surface area contributed by atoms with Crippen molar-refractivity contribution < 1.29 is 10.2 Å². The van der Waals surface area contributed by atoms with Crippen molar-refractivity contribution in [2.24, 2.45) is 0 Å². The molecule has 1 aromatic carbocycles. The van der Waals surface area contributed by atoms with E-state index < -0.39 is 5.54 Å². The number of benzene rings is 1. The molecule has 3 heteroatoms. The molecule has 88 valence electrons. The largest absolute Gasteiger partial charge is 0.633 e. The van der Waals surface area contributed by atoms with Gasteiger partial charge in [0.05, 0.1) is 5.54 Å². The van der Waals surface area contributed by atoms with Crippen molar-refractivity contribution in [2.75, 3.05) is 0 Å². The smallest absolute Gasteiger partial charge is 0.121 e. The molecule has 0 aliphatic carbocycles. The van der Waals surface area contributed by atoms with Crippen LogP contribution < -0.4 is 5.06 Å². The predicted molar refractivity (Wildman–Crippen MR) is 63.1 cm³/mol. The lowest BCUT2D eigenvalue weighted by Gasteiger charge is -2.42. The number of hydrogen-bond acceptors (Lipinski definition) is 2. The summed E-state index contributed by atoms with van der Waals surface area (Å²) in [5, 5.41) is 22.2. The van der Waals surface area contributed by atoms with E-state index >= 15 is 0 Å². The van der Waals surface area contributed by atoms with Crippen LogP contribution >= 0.6 is 0 Å². The van der Waals surface area contributed by atoms with Gasteiger partial charge in [-0.05, 0) is 32.9 Å². The summed E-state index contributed by atoms with van der Waals surface area (Å²) in [6.45, 7) is 5.99. The van der Waals surface area contributed by atoms with Crippen molar-refractivity contribution in [3.05, 3.63) is 35.0 Å². The van der Waals surface area contributed by atoms with Gasteiger partial charge < -0.3 is 15.4 Å². The third-order valence-electron chi connectivity index (χ3n) is 3.85. The molecule has 0 bridgehead atoms. The molecule has 1 saturated heterocycles. The minimum absolute atomic E-state index is 0.233. The van der Waals surface area contributed by atoms with E-state index in [1.807, 2.05) is 26.8 Å². The Labute approximate surface area is 96.3 Å². The highest BCUT2D eigenvalue weighted by Gasteiger charge is 2.48. The van der Waals surface area contributed by atoms with Gasteiger partial charge >= 0.3 is 0 Å². The van der Waals surface area contributed by atoms with Crippen molar-refractivity contribution in [3.63, 3.8) is 0 Å². The molecule has 2 atom stereocenters. The number of quaternary nitrogens is 1. The van der Waals surface area contributed by atoms with Crippen LogP contribution in [0.15, 0.2) is 24.3 Å². The first-order valence-corrected chi connectivity index (χ1v) is 5.71. The highest BCUT2D eigenvalue weighted by atomic mass is 16.5. The molecule has 2 rings (SSSR count). The van der Waals surface area contributed by atoms with Crippen LogP contribution in [-0.2, 0) is 5.54 Å². The van der Waals surface area contributed by atoms with E-state index in [-0.39, 0.29) is 16.4 Å². The summed E-state index contributed by atoms with van der Waals surface area (Å²) in [5.74, 6) is 0.233. The van der Waals surface area contributed by atoms with E-state index in [9.17, 15) is 10.3 Å². The van der Waals surface area contributed by atoms with Crippen molar-refractivity contribution in [1.29, 1.82) is 0 Å². The molecule has 0 saturated carbocycles. The SMILES string of the molecule is CC1(C)CC[C@@](C)(c2cccc(O)c2)[NH+]1[O-]. The molecule has 0 aromatic heterocycles. The Morgan fingerprint density at radius 3 is 2.44 bits per heavy atom. The van der Waals surface area contributed by atoms with E-state index in [0.29, 0.717) is 0 Å². The van der Waals surface area contributed by atoms with Crippen molar-refractivity contribution in [1.82, 2.24) is 0 Å². The Kier molecular flexibility index (Phi) is 2.48. The standard InChI is InChI=1S/C13H19NO2/c1-12(2)7-8-13(3,14(12)16)10-5-4-6-11(15)9-10/h4-6,9,14-15H,7-8H2,1-3H3/t13-/m0/s1. The molecule has 1 heterocycles. The number of aromatic hydroxyl groups is 1. The normalized spacial score (nSPS) is 32.9. The summed E-state index contributed by atoms with van der Waals surface area (Å²) in [4.78, 5) is 0. The lowest BCUT2D eigenvalue weighted by Crippen LogP contribution is -3.18. The monoisotopic (exact) mass is 221 g/mol. The van der Waals surface area contributed by atoms with Crippen LogP contribution in [0.3, 0.4) is 0 Å². The van der Waals surface area contributed by atoms with E-state index in [1.165, 1.54) is 0 Å². The molecule has 1 unspecified atom stereocenters. The number of hydrogen-bond donors (Lipinski definition) is 2. The molecule has 1 aliphatic rings. The number of rotatable bonds is 1. The van der Waals surface area contributed by atoms with Gasteiger partial charge in [-0.3, -0.25) is 0 Å². The summed E-state index contributed by atoms with van der Waals surface area (Å²) in [6, 6.07) is 7.07. The van der Waals surface area contributed by atoms with E-state index in [1.54, 1.807) is 18.2 Å². The lowest BCUT2D eigenvalue weighted by molar-refractivity contribution is -0.942. The van der Waals surface area contributed by atoms with Crippen molar-refractivity contribution >= 4 is 0 Å². The quantitative estimate of drug-likeness (QED) is 0.707. The van der Waals surface area contributed by atoms with Gasteiger partial charge in [0.15, 0.2) is 0 Å². The van der Waals surface area contributed by atoms with Gasteiger partial charge in [-0.25, -0.2) is 0 Å². The Hall–Kier alpha value is -1.06. The summed E-state index contributed by atoms with van der Waals surface area (Å²) in [7, 11) is 0. The molecular weight excluding hydrogens is 202 g/mol. The Morgan fingerprint density at radius 1 is 1.25 bits per heavy atom. The van der Waals surface area contributed by atoms with E-state index in [0.717, 1.165) is 18.4 Å². The van der Waals surface area contributed by atoms with E-state index in [4.69, 9.17) is 0 Å². The van der Waals surface area contributed by atoms with Crippen LogP contribution in [0.1, 0.15) is 39.2 Å². The molecule has 1 aromatic rings. The Bertz CT molecular complexity index is 403. The van der Waals surface area contributed by atoms with Crippen LogP contribution in [0.5, 0.6) is 5.75 Å². The number of hydroxylamine groups is 2. The molecule has 1 fully saturated rings. The maximum Gasteiger partial charge on any atom is 0.121 e. The second-order valence-corrected chi connectivity index (χ2v) is 5.60. The first-order chi connectivity index (χ1) is 7.36. The number of phenolic OH excluding ortho intramolecular Hbond substituents is 1. The fraction of sp³-hybridized carbons (Fsp3) is 0.538. The maximum absolute atomic E-state index is 12.4. The third-order valence-corrected chi connectivity index (χ3v) is 3.85. The van der Waals surface area contributed by atoms with Crippen LogP contribution in [0, 0.1) is 5.21 Å². The first-order valence-electron chi connectivity index (χ1n) is 5.71. The molecule has 1 aliphatic heterocycles. The van der Waals surface area contributed by atoms with Gasteiger partial charge in [0.1, 0.15) is 11.3 Å². The number of nitrogens with one attached hydrogen (secondary N) is 1. The highest BCUT2D eigenvalue weighted by Crippen LogP contribution is 2.33. The highest BCUT2D eigenvalue weighted by molar-refractivity contribution is 5.31. The van der Waals surface area contributed by atoms with Crippen LogP contribution in [0.4, 0.5) is 0 Å². The van der Waals surface area contributed by atoms with Gasteiger partial charge in [-0.15, -0.1) is 0 Å². The molecule has 0 amide bonds. The molecule has 3 nitrogen and oxygen atoms in total. The van der Waals surface area contributed by atoms with Crippen LogP contribution in [0.25, 0.3) is 0 Å².